The van der Waals surface area contributed by atoms with E-state index in [1.807, 2.05) is 0 Å². The first kappa shape index (κ1) is 6.86. The van der Waals surface area contributed by atoms with E-state index < -0.39 is 0 Å². The van der Waals surface area contributed by atoms with Crippen LogP contribution in [0.5, 0.6) is 0 Å². The standard InChI is InChI=1S/C10H13N/c1-7-3-2-4-8(5-7)9-6-10(9)11/h2-5,9-10H,6,11H2,1H3/t9-,10-/m0/s1. The van der Waals surface area contributed by atoms with Gasteiger partial charge in [0.2, 0.25) is 0 Å². The summed E-state index contributed by atoms with van der Waals surface area (Å²) in [7, 11) is 0. The molecule has 0 amide bonds. The molecule has 58 valence electrons. The Bertz CT molecular complexity index is 267. The second kappa shape index (κ2) is 2.35. The van der Waals surface area contributed by atoms with Crippen molar-refractivity contribution >= 4 is 0 Å². The van der Waals surface area contributed by atoms with Crippen LogP contribution in [0.3, 0.4) is 0 Å². The van der Waals surface area contributed by atoms with Crippen LogP contribution in [0.15, 0.2) is 24.3 Å². The van der Waals surface area contributed by atoms with E-state index in [0.29, 0.717) is 12.0 Å². The highest BCUT2D eigenvalue weighted by Crippen LogP contribution is 2.38. The minimum atomic E-state index is 0.428. The van der Waals surface area contributed by atoms with Crippen LogP contribution in [-0.4, -0.2) is 6.04 Å². The largest absolute Gasteiger partial charge is 0.327 e. The van der Waals surface area contributed by atoms with Crippen molar-refractivity contribution in [3.63, 3.8) is 0 Å². The Hall–Kier alpha value is -0.820. The minimum absolute atomic E-state index is 0.428. The van der Waals surface area contributed by atoms with Gasteiger partial charge < -0.3 is 5.73 Å². The van der Waals surface area contributed by atoms with Crippen molar-refractivity contribution < 1.29 is 0 Å². The second-order valence-electron chi connectivity index (χ2n) is 3.42. The Morgan fingerprint density at radius 1 is 1.45 bits per heavy atom. The fourth-order valence-corrected chi connectivity index (χ4v) is 1.50. The predicted octanol–water partition coefficient (Wildman–Crippen LogP) is 1.81. The highest BCUT2D eigenvalue weighted by molar-refractivity contribution is 5.30. The molecule has 1 saturated carbocycles. The third-order valence-electron chi connectivity index (χ3n) is 2.31. The Balaban J connectivity index is 2.25. The number of nitrogens with two attached hydrogens (primary N) is 1. The van der Waals surface area contributed by atoms with E-state index in [4.69, 9.17) is 5.73 Å². The Labute approximate surface area is 67.2 Å². The van der Waals surface area contributed by atoms with Gasteiger partial charge in [-0.2, -0.15) is 0 Å². The average molecular weight is 147 g/mol. The topological polar surface area (TPSA) is 26.0 Å². The van der Waals surface area contributed by atoms with Crippen molar-refractivity contribution in [3.05, 3.63) is 35.4 Å². The minimum Gasteiger partial charge on any atom is -0.327 e. The van der Waals surface area contributed by atoms with Crippen molar-refractivity contribution in [1.82, 2.24) is 0 Å². The van der Waals surface area contributed by atoms with Gasteiger partial charge in [0, 0.05) is 12.0 Å². The monoisotopic (exact) mass is 147 g/mol. The third-order valence-corrected chi connectivity index (χ3v) is 2.31. The summed E-state index contributed by atoms with van der Waals surface area (Å²) < 4.78 is 0. The van der Waals surface area contributed by atoms with E-state index >= 15 is 0 Å². The highest BCUT2D eigenvalue weighted by Gasteiger charge is 2.34. The predicted molar refractivity (Wildman–Crippen MR) is 46.5 cm³/mol. The molecule has 1 fully saturated rings. The summed E-state index contributed by atoms with van der Waals surface area (Å²) in [4.78, 5) is 0. The maximum atomic E-state index is 5.75. The lowest BCUT2D eigenvalue weighted by atomic mass is 10.1. The maximum Gasteiger partial charge on any atom is 0.0115 e. The summed E-state index contributed by atoms with van der Waals surface area (Å²) in [5, 5.41) is 0. The summed E-state index contributed by atoms with van der Waals surface area (Å²) >= 11 is 0. The molecule has 0 aliphatic heterocycles. The van der Waals surface area contributed by atoms with Crippen molar-refractivity contribution in [3.8, 4) is 0 Å². The van der Waals surface area contributed by atoms with Crippen LogP contribution in [0.4, 0.5) is 0 Å². The van der Waals surface area contributed by atoms with Crippen LogP contribution in [0.2, 0.25) is 0 Å². The molecule has 0 radical (unpaired) electrons. The first-order chi connectivity index (χ1) is 5.27. The summed E-state index contributed by atoms with van der Waals surface area (Å²) in [6.07, 6.45) is 1.17. The Morgan fingerprint density at radius 3 is 2.73 bits per heavy atom. The molecule has 2 atom stereocenters. The first-order valence-corrected chi connectivity index (χ1v) is 4.09. The quantitative estimate of drug-likeness (QED) is 0.644. The molecule has 0 aromatic heterocycles. The van der Waals surface area contributed by atoms with Crippen LogP contribution in [0.1, 0.15) is 23.5 Å². The zero-order valence-electron chi connectivity index (χ0n) is 6.75. The van der Waals surface area contributed by atoms with Gasteiger partial charge in [-0.3, -0.25) is 0 Å². The maximum absolute atomic E-state index is 5.75. The molecule has 2 rings (SSSR count). The van der Waals surface area contributed by atoms with Crippen LogP contribution in [0.25, 0.3) is 0 Å². The molecular weight excluding hydrogens is 134 g/mol. The number of benzene rings is 1. The van der Waals surface area contributed by atoms with Gasteiger partial charge in [-0.1, -0.05) is 29.8 Å². The lowest BCUT2D eigenvalue weighted by Gasteiger charge is -1.98. The van der Waals surface area contributed by atoms with E-state index in [2.05, 4.69) is 31.2 Å². The van der Waals surface area contributed by atoms with Crippen LogP contribution >= 0.6 is 0 Å². The lowest BCUT2D eigenvalue weighted by Crippen LogP contribution is -2.00. The molecule has 11 heavy (non-hydrogen) atoms. The van der Waals surface area contributed by atoms with Gasteiger partial charge in [-0.25, -0.2) is 0 Å². The SMILES string of the molecule is Cc1cccc([C@@H]2C[C@@H]2N)c1. The van der Waals surface area contributed by atoms with Crippen LogP contribution in [-0.2, 0) is 0 Å². The number of hydrogen-bond donors (Lipinski definition) is 1. The number of rotatable bonds is 1. The molecule has 1 heteroatoms. The van der Waals surface area contributed by atoms with Crippen molar-refractivity contribution in [2.24, 2.45) is 5.73 Å². The van der Waals surface area contributed by atoms with Gasteiger partial charge in [-0.15, -0.1) is 0 Å². The molecule has 0 saturated heterocycles. The summed E-state index contributed by atoms with van der Waals surface area (Å²) in [5.74, 6) is 0.648. The van der Waals surface area contributed by atoms with Crippen LogP contribution < -0.4 is 5.73 Å². The molecule has 1 aromatic carbocycles. The van der Waals surface area contributed by atoms with E-state index in [1.165, 1.54) is 17.5 Å². The molecule has 0 spiro atoms. The van der Waals surface area contributed by atoms with Crippen molar-refractivity contribution in [2.45, 2.75) is 25.3 Å². The van der Waals surface area contributed by atoms with E-state index in [0.717, 1.165) is 0 Å². The molecule has 0 heterocycles. The van der Waals surface area contributed by atoms with Crippen molar-refractivity contribution in [1.29, 1.82) is 0 Å². The molecule has 2 N–H and O–H groups in total. The number of aryl methyl sites for hydroxylation is 1. The highest BCUT2D eigenvalue weighted by atomic mass is 14.7. The zero-order valence-corrected chi connectivity index (χ0v) is 6.75. The normalized spacial score (nSPS) is 28.5. The van der Waals surface area contributed by atoms with E-state index in [-0.39, 0.29) is 0 Å². The molecule has 0 unspecified atom stereocenters. The van der Waals surface area contributed by atoms with E-state index in [9.17, 15) is 0 Å². The molecule has 0 bridgehead atoms. The summed E-state index contributed by atoms with van der Waals surface area (Å²) in [5.41, 5.74) is 8.50. The fourth-order valence-electron chi connectivity index (χ4n) is 1.50. The second-order valence-corrected chi connectivity index (χ2v) is 3.42. The number of hydrogen-bond acceptors (Lipinski definition) is 1. The molecule has 1 aliphatic rings. The molecule has 1 aromatic rings. The van der Waals surface area contributed by atoms with E-state index in [1.54, 1.807) is 0 Å². The first-order valence-electron chi connectivity index (χ1n) is 4.09. The van der Waals surface area contributed by atoms with Gasteiger partial charge >= 0.3 is 0 Å². The van der Waals surface area contributed by atoms with Gasteiger partial charge in [0.25, 0.3) is 0 Å². The van der Waals surface area contributed by atoms with Crippen molar-refractivity contribution in [2.75, 3.05) is 0 Å². The Kier molecular flexibility index (Phi) is 1.46. The Morgan fingerprint density at radius 2 is 2.18 bits per heavy atom. The van der Waals surface area contributed by atoms with Gasteiger partial charge in [-0.05, 0) is 18.9 Å². The smallest absolute Gasteiger partial charge is 0.0115 e. The summed E-state index contributed by atoms with van der Waals surface area (Å²) in [6.45, 7) is 2.12. The lowest BCUT2D eigenvalue weighted by molar-refractivity contribution is 0.988. The molecule has 1 nitrogen and oxygen atoms in total. The molecule has 1 aliphatic carbocycles. The third kappa shape index (κ3) is 1.29. The molecular formula is C10H13N. The van der Waals surface area contributed by atoms with Gasteiger partial charge in [0.05, 0.1) is 0 Å². The average Bonchev–Trinajstić information content (AvgIpc) is 2.67. The zero-order chi connectivity index (χ0) is 7.84. The summed E-state index contributed by atoms with van der Waals surface area (Å²) in [6, 6.07) is 9.06. The van der Waals surface area contributed by atoms with Crippen LogP contribution in [0, 0.1) is 6.92 Å². The van der Waals surface area contributed by atoms with Gasteiger partial charge in [0.15, 0.2) is 0 Å². The van der Waals surface area contributed by atoms with Gasteiger partial charge in [0.1, 0.15) is 0 Å². The fraction of sp³-hybridized carbons (Fsp3) is 0.400.